The van der Waals surface area contributed by atoms with Gasteiger partial charge in [-0.3, -0.25) is 4.90 Å². The van der Waals surface area contributed by atoms with E-state index in [0.29, 0.717) is 12.0 Å². The molecule has 1 saturated heterocycles. The average molecular weight is 336 g/mol. The summed E-state index contributed by atoms with van der Waals surface area (Å²) in [6.07, 6.45) is 0.665. The van der Waals surface area contributed by atoms with Crippen LogP contribution in [0.25, 0.3) is 0 Å². The van der Waals surface area contributed by atoms with Gasteiger partial charge < -0.3 is 0 Å². The number of hydrogen-bond acceptors (Lipinski definition) is 3. The summed E-state index contributed by atoms with van der Waals surface area (Å²) in [5.74, 6) is -0.497. The van der Waals surface area contributed by atoms with E-state index < -0.39 is 16.0 Å². The molecule has 1 aliphatic rings. The highest BCUT2D eigenvalue weighted by Gasteiger charge is 2.36. The fourth-order valence-corrected chi connectivity index (χ4v) is 3.51. The van der Waals surface area contributed by atoms with Crippen LogP contribution in [0, 0.1) is 5.82 Å². The molecule has 1 heterocycles. The molecule has 1 aliphatic heterocycles. The van der Waals surface area contributed by atoms with Gasteiger partial charge in [0.2, 0.25) is 0 Å². The second-order valence-corrected chi connectivity index (χ2v) is 7.72. The van der Waals surface area contributed by atoms with Crippen LogP contribution in [0.1, 0.15) is 18.0 Å². The monoisotopic (exact) mass is 335 g/mol. The van der Waals surface area contributed by atoms with E-state index in [2.05, 4.69) is 4.72 Å². The van der Waals surface area contributed by atoms with Gasteiger partial charge in [-0.15, -0.1) is 0 Å². The normalized spacial score (nSPS) is 23.9. The van der Waals surface area contributed by atoms with E-state index in [1.165, 1.54) is 26.2 Å². The predicted octanol–water partition coefficient (Wildman–Crippen LogP) is 1.62. The molecule has 2 rings (SSSR count). The van der Waals surface area contributed by atoms with E-state index in [0.717, 1.165) is 10.8 Å². The number of nitrogens with zero attached hydrogens (tertiary/aromatic N) is 2. The third kappa shape index (κ3) is 3.54. The van der Waals surface area contributed by atoms with Crippen LogP contribution in [0.15, 0.2) is 18.2 Å². The van der Waals surface area contributed by atoms with Crippen molar-refractivity contribution in [1.29, 1.82) is 0 Å². The molecule has 0 aromatic heterocycles. The maximum Gasteiger partial charge on any atom is 0.279 e. The van der Waals surface area contributed by atoms with Crippen molar-refractivity contribution in [1.82, 2.24) is 13.9 Å². The van der Waals surface area contributed by atoms with Crippen molar-refractivity contribution < 1.29 is 12.8 Å². The van der Waals surface area contributed by atoms with Gasteiger partial charge in [0, 0.05) is 26.7 Å². The summed E-state index contributed by atoms with van der Waals surface area (Å²) in [5.41, 5.74) is 0.711. The molecule has 1 aromatic carbocycles. The van der Waals surface area contributed by atoms with Crippen LogP contribution in [0.2, 0.25) is 5.02 Å². The van der Waals surface area contributed by atoms with Gasteiger partial charge in [0.1, 0.15) is 5.82 Å². The van der Waals surface area contributed by atoms with Crippen LogP contribution < -0.4 is 4.72 Å². The average Bonchev–Trinajstić information content (AvgIpc) is 2.73. The summed E-state index contributed by atoms with van der Waals surface area (Å²) in [5, 5.41) is 0.0600. The van der Waals surface area contributed by atoms with Crippen molar-refractivity contribution >= 4 is 21.8 Å². The molecule has 5 nitrogen and oxygen atoms in total. The fourth-order valence-electron chi connectivity index (χ4n) is 2.55. The van der Waals surface area contributed by atoms with Gasteiger partial charge in [0.05, 0.1) is 11.1 Å². The maximum atomic E-state index is 13.7. The molecule has 0 saturated carbocycles. The van der Waals surface area contributed by atoms with Gasteiger partial charge >= 0.3 is 0 Å². The molecule has 1 aromatic rings. The molecule has 118 valence electrons. The first-order chi connectivity index (χ1) is 9.72. The molecule has 0 unspecified atom stereocenters. The Morgan fingerprint density at radius 2 is 2.10 bits per heavy atom. The lowest BCUT2D eigenvalue weighted by atomic mass is 10.0. The highest BCUT2D eigenvalue weighted by molar-refractivity contribution is 7.87. The number of nitrogens with one attached hydrogen (secondary N) is 1. The van der Waals surface area contributed by atoms with Crippen LogP contribution >= 0.6 is 11.6 Å². The highest BCUT2D eigenvalue weighted by Crippen LogP contribution is 2.33. The topological polar surface area (TPSA) is 52.7 Å². The van der Waals surface area contributed by atoms with Crippen LogP contribution in [0.3, 0.4) is 0 Å². The molecule has 0 aliphatic carbocycles. The lowest BCUT2D eigenvalue weighted by Crippen LogP contribution is -2.44. The molecule has 0 spiro atoms. The summed E-state index contributed by atoms with van der Waals surface area (Å²) in [4.78, 5) is 2.01. The molecule has 1 N–H and O–H groups in total. The van der Waals surface area contributed by atoms with Crippen molar-refractivity contribution in [3.63, 3.8) is 0 Å². The quantitative estimate of drug-likeness (QED) is 0.909. The van der Waals surface area contributed by atoms with Gasteiger partial charge in [0.25, 0.3) is 10.2 Å². The summed E-state index contributed by atoms with van der Waals surface area (Å²) < 4.78 is 41.4. The molecule has 0 bridgehead atoms. The molecule has 21 heavy (non-hydrogen) atoms. The largest absolute Gasteiger partial charge is 0.298 e. The number of halogens is 2. The molecular weight excluding hydrogens is 317 g/mol. The minimum atomic E-state index is -3.53. The summed E-state index contributed by atoms with van der Waals surface area (Å²) in [6, 6.07) is 4.07. The van der Waals surface area contributed by atoms with Gasteiger partial charge in [-0.1, -0.05) is 17.7 Å². The van der Waals surface area contributed by atoms with E-state index in [1.807, 2.05) is 11.9 Å². The first-order valence-corrected chi connectivity index (χ1v) is 8.39. The van der Waals surface area contributed by atoms with Gasteiger partial charge in [-0.2, -0.15) is 17.4 Å². The zero-order chi connectivity index (χ0) is 15.8. The van der Waals surface area contributed by atoms with E-state index >= 15 is 0 Å². The number of hydrogen-bond donors (Lipinski definition) is 1. The van der Waals surface area contributed by atoms with Crippen LogP contribution in [-0.4, -0.2) is 51.4 Å². The second kappa shape index (κ2) is 6.18. The summed E-state index contributed by atoms with van der Waals surface area (Å²) >= 11 is 5.70. The van der Waals surface area contributed by atoms with Crippen molar-refractivity contribution in [3.8, 4) is 0 Å². The highest BCUT2D eigenvalue weighted by atomic mass is 35.5. The third-order valence-electron chi connectivity index (χ3n) is 3.72. The minimum absolute atomic E-state index is 0.0600. The zero-order valence-corrected chi connectivity index (χ0v) is 13.7. The smallest absolute Gasteiger partial charge is 0.279 e. The van der Waals surface area contributed by atoms with Gasteiger partial charge in [-0.05, 0) is 31.2 Å². The fraction of sp³-hybridized carbons (Fsp3) is 0.538. The Hall–Kier alpha value is -0.730. The van der Waals surface area contributed by atoms with Gasteiger partial charge in [0.15, 0.2) is 0 Å². The molecule has 0 radical (unpaired) electrons. The Morgan fingerprint density at radius 1 is 1.43 bits per heavy atom. The lowest BCUT2D eigenvalue weighted by molar-refractivity contribution is 0.296. The number of benzene rings is 1. The Balaban J connectivity index is 2.29. The van der Waals surface area contributed by atoms with E-state index in [1.54, 1.807) is 6.07 Å². The Labute approximate surface area is 129 Å². The Morgan fingerprint density at radius 3 is 2.67 bits per heavy atom. The van der Waals surface area contributed by atoms with E-state index in [4.69, 9.17) is 11.6 Å². The first kappa shape index (κ1) is 16.6. The van der Waals surface area contributed by atoms with Crippen LogP contribution in [-0.2, 0) is 10.2 Å². The zero-order valence-electron chi connectivity index (χ0n) is 12.2. The first-order valence-electron chi connectivity index (χ1n) is 6.57. The Bertz CT molecular complexity index is 624. The number of likely N-dealkylation sites (tertiary alicyclic amines) is 1. The van der Waals surface area contributed by atoms with E-state index in [-0.39, 0.29) is 17.1 Å². The Kier molecular flexibility index (Phi) is 4.89. The molecule has 2 atom stereocenters. The number of rotatable bonds is 4. The minimum Gasteiger partial charge on any atom is -0.298 e. The van der Waals surface area contributed by atoms with Crippen molar-refractivity contribution in [3.05, 3.63) is 34.6 Å². The van der Waals surface area contributed by atoms with Crippen LogP contribution in [0.4, 0.5) is 4.39 Å². The van der Waals surface area contributed by atoms with Crippen molar-refractivity contribution in [2.24, 2.45) is 0 Å². The third-order valence-corrected chi connectivity index (χ3v) is 5.58. The molecular formula is C13H19ClFN3O2S. The summed E-state index contributed by atoms with van der Waals surface area (Å²) in [7, 11) is 1.30. The number of likely N-dealkylation sites (N-methyl/N-ethyl adjacent to an activating group) is 1. The predicted molar refractivity (Wildman–Crippen MR) is 80.9 cm³/mol. The second-order valence-electron chi connectivity index (χ2n) is 5.40. The summed E-state index contributed by atoms with van der Waals surface area (Å²) in [6.45, 7) is 0.732. The standard InChI is InChI=1S/C13H19ClFN3O2S/c1-17(2)21(19,20)16-12-6-7-18(3)13(12)9-4-5-10(14)11(15)8-9/h4-5,8,12-13,16H,6-7H2,1-3H3/t12-,13+/m0/s1. The molecule has 1 fully saturated rings. The van der Waals surface area contributed by atoms with Crippen LogP contribution in [0.5, 0.6) is 0 Å². The SMILES string of the molecule is CN1CC[C@H](NS(=O)(=O)N(C)C)[C@H]1c1ccc(Cl)c(F)c1. The van der Waals surface area contributed by atoms with E-state index in [9.17, 15) is 12.8 Å². The maximum absolute atomic E-state index is 13.7. The molecule has 0 amide bonds. The van der Waals surface area contributed by atoms with Gasteiger partial charge in [-0.25, -0.2) is 4.39 Å². The van der Waals surface area contributed by atoms with Crippen molar-refractivity contribution in [2.45, 2.75) is 18.5 Å². The van der Waals surface area contributed by atoms with Crippen molar-refractivity contribution in [2.75, 3.05) is 27.7 Å². The molecule has 8 heteroatoms. The lowest BCUT2D eigenvalue weighted by Gasteiger charge is -2.27.